The maximum absolute atomic E-state index is 9.68. The van der Waals surface area contributed by atoms with Crippen LogP contribution in [0, 0.1) is 0 Å². The minimum Gasteiger partial charge on any atom is -1.00 e. The van der Waals surface area contributed by atoms with Crippen LogP contribution in [0.5, 0.6) is 0 Å². The Bertz CT molecular complexity index is 174. The van der Waals surface area contributed by atoms with Crippen LogP contribution in [-0.2, 0) is 18.5 Å². The predicted molar refractivity (Wildman–Crippen MR) is 28.5 cm³/mol. The summed E-state index contributed by atoms with van der Waals surface area (Å²) < 4.78 is 25.4. The summed E-state index contributed by atoms with van der Waals surface area (Å²) in [5, 5.41) is 0. The number of phosphoric acid groups is 2. The van der Waals surface area contributed by atoms with Crippen LogP contribution in [0.15, 0.2) is 0 Å². The molecule has 12 heavy (non-hydrogen) atoms. The second-order valence-corrected chi connectivity index (χ2v) is 3.39. The van der Waals surface area contributed by atoms with E-state index in [0.29, 0.717) is 0 Å². The summed E-state index contributed by atoms with van der Waals surface area (Å²) in [6.45, 7) is 0. The van der Waals surface area contributed by atoms with E-state index in [1.807, 2.05) is 0 Å². The fourth-order valence-electron chi connectivity index (χ4n) is 0.0868. The Balaban J connectivity index is -0.0000000675. The van der Waals surface area contributed by atoms with E-state index in [1.54, 1.807) is 0 Å². The second-order valence-electron chi connectivity index (χ2n) is 1.13. The Morgan fingerprint density at radius 1 is 0.833 bits per heavy atom. The van der Waals surface area contributed by atoms with Crippen LogP contribution < -0.4 is 59.1 Å². The normalized spacial score (nSPS) is 11.3. The molecule has 0 aliphatic heterocycles. The third-order valence-electron chi connectivity index (χ3n) is 0.228. The van der Waals surface area contributed by atoms with Crippen molar-refractivity contribution >= 4 is 15.6 Å². The molecule has 0 heterocycles. The van der Waals surface area contributed by atoms with E-state index in [0.717, 1.165) is 0 Å². The van der Waals surface area contributed by atoms with Gasteiger partial charge in [0, 0.05) is 0 Å². The molecule has 0 fully saturated rings. The zero-order valence-electron chi connectivity index (χ0n) is 8.32. The predicted octanol–water partition coefficient (Wildman–Crippen LogP) is -6.65. The molecular weight excluding hydrogens is 236 g/mol. The summed E-state index contributed by atoms with van der Waals surface area (Å²) in [6, 6.07) is 0. The fourth-order valence-corrected chi connectivity index (χ4v) is 0.782. The molecule has 0 aliphatic carbocycles. The maximum atomic E-state index is 9.68. The molecule has 0 aromatic rings. The van der Waals surface area contributed by atoms with E-state index in [9.17, 15) is 9.13 Å². The molecule has 8 nitrogen and oxygen atoms in total. The van der Waals surface area contributed by atoms with Gasteiger partial charge in [0.15, 0.2) is 0 Å². The smallest absolute Gasteiger partial charge is 1.00 e. The zero-order valence-corrected chi connectivity index (χ0v) is 12.1. The molecule has 0 amide bonds. The van der Waals surface area contributed by atoms with Gasteiger partial charge >= 0.3 is 74.8 Å². The molecule has 0 aromatic heterocycles. The Morgan fingerprint density at radius 3 is 1.08 bits per heavy atom. The second kappa shape index (κ2) is 7.50. The molecule has 12 heteroatoms. The summed E-state index contributed by atoms with van der Waals surface area (Å²) in [7, 11) is -9.95. The van der Waals surface area contributed by atoms with Crippen LogP contribution in [0.4, 0.5) is 0 Å². The van der Waals surface area contributed by atoms with Crippen molar-refractivity contribution in [1.29, 1.82) is 0 Å². The molecule has 0 aliphatic rings. The fraction of sp³-hybridized carbons (Fsp3) is 0. The molecule has 0 atom stereocenters. The van der Waals surface area contributed by atoms with Crippen molar-refractivity contribution in [2.45, 2.75) is 0 Å². The number of rotatable bonds is 3. The maximum Gasteiger partial charge on any atom is 1.00 e. The Labute approximate surface area is 115 Å². The first-order valence-electron chi connectivity index (χ1n) is 1.70. The van der Waals surface area contributed by atoms with Gasteiger partial charge in [-0.3, -0.25) is 0 Å². The Kier molecular flexibility index (Phi) is 12.3. The molecule has 4 N–H and O–H groups in total. The van der Waals surface area contributed by atoms with Crippen molar-refractivity contribution in [2.75, 3.05) is 0 Å². The molecule has 66 valence electrons. The van der Waals surface area contributed by atoms with Gasteiger partial charge in [0.2, 0.25) is 0 Å². The summed E-state index contributed by atoms with van der Waals surface area (Å²) in [6.07, 6.45) is 0. The topological polar surface area (TPSA) is 134 Å². The van der Waals surface area contributed by atoms with Gasteiger partial charge in [0.05, 0.1) is 0 Å². The van der Waals surface area contributed by atoms with E-state index >= 15 is 0 Å². The van der Waals surface area contributed by atoms with Crippen LogP contribution in [0.3, 0.4) is 0 Å². The molecule has 0 saturated carbocycles. The minimum absolute atomic E-state index is 0. The molecule has 0 radical (unpaired) electrons. The van der Waals surface area contributed by atoms with Gasteiger partial charge < -0.3 is 22.4 Å². The summed E-state index contributed by atoms with van der Waals surface area (Å²) >= 11 is 0. The van der Waals surface area contributed by atoms with Gasteiger partial charge in [-0.1, -0.05) is 0 Å². The van der Waals surface area contributed by atoms with Crippen LogP contribution in [-0.4, -0.2) is 19.6 Å². The van der Waals surface area contributed by atoms with Crippen molar-refractivity contribution in [3.63, 3.8) is 0 Å². The largest absolute Gasteiger partial charge is 1.00 e. The van der Waals surface area contributed by atoms with Gasteiger partial charge in [-0.05, 0) is 0 Å². The van der Waals surface area contributed by atoms with Crippen molar-refractivity contribution in [1.82, 2.24) is 0 Å². The SMILES string of the molecule is O=P(O)(O)OOP(=O)(O)O.[H-].[H-].[Na+].[Na+]. The Hall–Kier alpha value is 2.22. The first-order chi connectivity index (χ1) is 4.21. The van der Waals surface area contributed by atoms with Crippen LogP contribution in [0.25, 0.3) is 0 Å². The van der Waals surface area contributed by atoms with Crippen molar-refractivity contribution in [3.8, 4) is 0 Å². The van der Waals surface area contributed by atoms with E-state index in [4.69, 9.17) is 19.6 Å². The average molecular weight is 242 g/mol. The van der Waals surface area contributed by atoms with Gasteiger partial charge in [0.1, 0.15) is 0 Å². The first kappa shape index (κ1) is 19.7. The summed E-state index contributed by atoms with van der Waals surface area (Å²) in [5.74, 6) is 0. The molecule has 0 rings (SSSR count). The molecule has 0 aromatic carbocycles. The molecule has 0 saturated heterocycles. The van der Waals surface area contributed by atoms with E-state index in [1.165, 1.54) is 0 Å². The molecule has 0 spiro atoms. The summed E-state index contributed by atoms with van der Waals surface area (Å²) in [4.78, 5) is 31.2. The van der Waals surface area contributed by atoms with Crippen LogP contribution >= 0.6 is 15.6 Å². The van der Waals surface area contributed by atoms with Gasteiger partial charge in [0.25, 0.3) is 0 Å². The van der Waals surface area contributed by atoms with Crippen molar-refractivity contribution in [2.24, 2.45) is 0 Å². The first-order valence-corrected chi connectivity index (χ1v) is 4.76. The molecule has 0 unspecified atom stereocenters. The van der Waals surface area contributed by atoms with Crippen LogP contribution in [0.1, 0.15) is 2.85 Å². The standard InChI is InChI=1S/2Na.H4O8P2.2H/c;;1-9(2,3)7-8-10(4,5)6;;/h;;(H2,1,2,3)(H2,4,5,6);;/q2*+1;;2*-1. The van der Waals surface area contributed by atoms with Gasteiger partial charge in [-0.15, -0.1) is 9.35 Å². The average Bonchev–Trinajstić information content (AvgIpc) is 1.57. The van der Waals surface area contributed by atoms with Crippen LogP contribution in [0.2, 0.25) is 0 Å². The quantitative estimate of drug-likeness (QED) is 0.166. The third kappa shape index (κ3) is 18.1. The van der Waals surface area contributed by atoms with E-state index < -0.39 is 15.6 Å². The number of hydrogen-bond donors (Lipinski definition) is 4. The third-order valence-corrected chi connectivity index (χ3v) is 0.883. The van der Waals surface area contributed by atoms with Gasteiger partial charge in [-0.25, -0.2) is 9.13 Å². The monoisotopic (exact) mass is 242 g/mol. The van der Waals surface area contributed by atoms with Crippen molar-refractivity contribution in [3.05, 3.63) is 0 Å². The zero-order chi connectivity index (χ0) is 8.41. The van der Waals surface area contributed by atoms with Crippen molar-refractivity contribution < 1.29 is 100 Å². The Morgan fingerprint density at radius 2 is 1.00 bits per heavy atom. The number of hydrogen-bond acceptors (Lipinski definition) is 4. The van der Waals surface area contributed by atoms with E-state index in [-0.39, 0.29) is 62.0 Å². The summed E-state index contributed by atoms with van der Waals surface area (Å²) in [5.41, 5.74) is 0. The minimum atomic E-state index is -4.98. The van der Waals surface area contributed by atoms with Gasteiger partial charge in [-0.2, -0.15) is 0 Å². The van der Waals surface area contributed by atoms with E-state index in [2.05, 4.69) is 9.35 Å². The molecule has 0 bridgehead atoms. The molecular formula is H6Na2O8P2.